The van der Waals surface area contributed by atoms with Crippen LogP contribution in [-0.2, 0) is 17.9 Å². The van der Waals surface area contributed by atoms with Crippen LogP contribution in [0, 0.1) is 6.92 Å². The Kier molecular flexibility index (Phi) is 7.80. The normalized spacial score (nSPS) is 14.7. The molecule has 0 aromatic heterocycles. The minimum absolute atomic E-state index is 0.240. The average molecular weight is 603 g/mol. The van der Waals surface area contributed by atoms with E-state index in [0.29, 0.717) is 37.5 Å². The summed E-state index contributed by atoms with van der Waals surface area (Å²) < 4.78 is 12.9. The van der Waals surface area contributed by atoms with Crippen LogP contribution in [0.25, 0.3) is 6.08 Å². The lowest BCUT2D eigenvalue weighted by molar-refractivity contribution is -0.123. The first-order valence-electron chi connectivity index (χ1n) is 10.4. The summed E-state index contributed by atoms with van der Waals surface area (Å²) in [5.74, 6) is 0.738. The summed E-state index contributed by atoms with van der Waals surface area (Å²) in [6.45, 7) is 2.59. The minimum Gasteiger partial charge on any atom is -0.493 e. The van der Waals surface area contributed by atoms with Crippen molar-refractivity contribution < 1.29 is 19.1 Å². The predicted molar refractivity (Wildman–Crippen MR) is 142 cm³/mol. The standard InChI is InChI=1S/C26H21Br2NO4S/c1-16-7-6-10-18(11-16)14-29-25(30)21(34-26(29)31)13-19-12-20(32-2)24(23(28)22(19)27)33-15-17-8-4-3-5-9-17/h3-13H,14-15H2,1-2H3/b21-13-. The number of carbonyl (C=O) groups is 2. The van der Waals surface area contributed by atoms with Gasteiger partial charge in [0.2, 0.25) is 0 Å². The first-order valence-corrected chi connectivity index (χ1v) is 12.8. The number of hydrogen-bond acceptors (Lipinski definition) is 5. The van der Waals surface area contributed by atoms with Gasteiger partial charge in [0, 0.05) is 4.47 Å². The summed E-state index contributed by atoms with van der Waals surface area (Å²) in [6.07, 6.45) is 1.69. The molecule has 0 spiro atoms. The van der Waals surface area contributed by atoms with Crippen molar-refractivity contribution >= 4 is 60.8 Å². The molecular weight excluding hydrogens is 582 g/mol. The third-order valence-corrected chi connectivity index (χ3v) is 8.24. The molecule has 34 heavy (non-hydrogen) atoms. The quantitative estimate of drug-likeness (QED) is 0.265. The van der Waals surface area contributed by atoms with Gasteiger partial charge in [0.05, 0.1) is 23.0 Å². The lowest BCUT2D eigenvalue weighted by atomic mass is 10.1. The lowest BCUT2D eigenvalue weighted by Crippen LogP contribution is -2.27. The maximum absolute atomic E-state index is 13.0. The van der Waals surface area contributed by atoms with Crippen LogP contribution in [0.15, 0.2) is 74.5 Å². The van der Waals surface area contributed by atoms with Crippen molar-refractivity contribution in [3.63, 3.8) is 0 Å². The molecule has 4 rings (SSSR count). The van der Waals surface area contributed by atoms with Gasteiger partial charge in [-0.05, 0) is 79.4 Å². The van der Waals surface area contributed by atoms with E-state index in [-0.39, 0.29) is 17.7 Å². The molecule has 1 aliphatic rings. The smallest absolute Gasteiger partial charge is 0.293 e. The Morgan fingerprint density at radius 1 is 0.971 bits per heavy atom. The SMILES string of the molecule is COc1cc(/C=C2\SC(=O)N(Cc3cccc(C)c3)C2=O)c(Br)c(Br)c1OCc1ccccc1. The van der Waals surface area contributed by atoms with Crippen molar-refractivity contribution in [2.24, 2.45) is 0 Å². The van der Waals surface area contributed by atoms with Crippen molar-refractivity contribution in [1.29, 1.82) is 0 Å². The summed E-state index contributed by atoms with van der Waals surface area (Å²) >= 11 is 8.11. The molecule has 0 radical (unpaired) electrons. The maximum atomic E-state index is 13.0. The topological polar surface area (TPSA) is 55.8 Å². The van der Waals surface area contributed by atoms with Crippen LogP contribution < -0.4 is 9.47 Å². The Labute approximate surface area is 219 Å². The number of thioether (sulfide) groups is 1. The van der Waals surface area contributed by atoms with Crippen molar-refractivity contribution in [2.75, 3.05) is 7.11 Å². The minimum atomic E-state index is -0.317. The van der Waals surface area contributed by atoms with Crippen LogP contribution in [0.5, 0.6) is 11.5 Å². The van der Waals surface area contributed by atoms with Crippen LogP contribution in [0.4, 0.5) is 4.79 Å². The highest BCUT2D eigenvalue weighted by Gasteiger charge is 2.35. The van der Waals surface area contributed by atoms with Gasteiger partial charge >= 0.3 is 0 Å². The van der Waals surface area contributed by atoms with Crippen LogP contribution in [0.3, 0.4) is 0 Å². The number of ether oxygens (including phenoxy) is 2. The number of carbonyl (C=O) groups excluding carboxylic acids is 2. The number of imide groups is 1. The number of methoxy groups -OCH3 is 1. The number of nitrogens with zero attached hydrogens (tertiary/aromatic N) is 1. The van der Waals surface area contributed by atoms with E-state index in [1.807, 2.05) is 61.5 Å². The largest absolute Gasteiger partial charge is 0.493 e. The van der Waals surface area contributed by atoms with Gasteiger partial charge in [0.1, 0.15) is 6.61 Å². The zero-order chi connectivity index (χ0) is 24.2. The molecule has 1 saturated heterocycles. The Morgan fingerprint density at radius 2 is 1.71 bits per heavy atom. The van der Waals surface area contributed by atoms with E-state index in [1.54, 1.807) is 19.3 Å². The number of benzene rings is 3. The second kappa shape index (κ2) is 10.8. The number of amides is 2. The molecule has 0 unspecified atom stereocenters. The third-order valence-electron chi connectivity index (χ3n) is 5.19. The molecule has 0 aliphatic carbocycles. The van der Waals surface area contributed by atoms with Gasteiger partial charge in [0.15, 0.2) is 11.5 Å². The van der Waals surface area contributed by atoms with Crippen LogP contribution in [0.1, 0.15) is 22.3 Å². The number of aryl methyl sites for hydroxylation is 1. The molecule has 3 aromatic rings. The van der Waals surface area contributed by atoms with E-state index in [2.05, 4.69) is 31.9 Å². The van der Waals surface area contributed by atoms with Crippen LogP contribution in [0.2, 0.25) is 0 Å². The van der Waals surface area contributed by atoms with E-state index < -0.39 is 0 Å². The molecule has 2 amide bonds. The summed E-state index contributed by atoms with van der Waals surface area (Å²) in [7, 11) is 1.56. The highest BCUT2D eigenvalue weighted by atomic mass is 79.9. The molecule has 1 heterocycles. The van der Waals surface area contributed by atoms with Gasteiger partial charge in [0.25, 0.3) is 11.1 Å². The number of hydrogen-bond donors (Lipinski definition) is 0. The van der Waals surface area contributed by atoms with Gasteiger partial charge in [-0.1, -0.05) is 60.2 Å². The third kappa shape index (κ3) is 5.40. The van der Waals surface area contributed by atoms with Gasteiger partial charge in [-0.3, -0.25) is 14.5 Å². The molecule has 0 N–H and O–H groups in total. The van der Waals surface area contributed by atoms with Crippen molar-refractivity contribution in [3.05, 3.63) is 96.8 Å². The molecule has 1 aliphatic heterocycles. The molecule has 1 fully saturated rings. The first-order chi connectivity index (χ1) is 16.4. The molecule has 174 valence electrons. The first kappa shape index (κ1) is 24.6. The number of rotatable bonds is 7. The van der Waals surface area contributed by atoms with Crippen molar-refractivity contribution in [3.8, 4) is 11.5 Å². The molecule has 8 heteroatoms. The fourth-order valence-corrected chi connectivity index (χ4v) is 5.27. The predicted octanol–water partition coefficient (Wildman–Crippen LogP) is 7.34. The Morgan fingerprint density at radius 3 is 2.41 bits per heavy atom. The van der Waals surface area contributed by atoms with Crippen molar-refractivity contribution in [1.82, 2.24) is 4.90 Å². The second-order valence-electron chi connectivity index (χ2n) is 7.66. The summed E-state index contributed by atoms with van der Waals surface area (Å²) in [5, 5.41) is -0.289. The lowest BCUT2D eigenvalue weighted by Gasteiger charge is -2.16. The molecule has 0 bridgehead atoms. The zero-order valence-electron chi connectivity index (χ0n) is 18.5. The van der Waals surface area contributed by atoms with Crippen LogP contribution in [-0.4, -0.2) is 23.2 Å². The molecular formula is C26H21Br2NO4S. The van der Waals surface area contributed by atoms with Crippen LogP contribution >= 0.6 is 43.6 Å². The Bertz CT molecular complexity index is 1280. The second-order valence-corrected chi connectivity index (χ2v) is 10.2. The number of halogens is 2. The average Bonchev–Trinajstić information content (AvgIpc) is 3.09. The monoisotopic (exact) mass is 601 g/mol. The highest BCUT2D eigenvalue weighted by Crippen LogP contribution is 2.45. The molecule has 3 aromatic carbocycles. The Hall–Kier alpha value is -2.55. The summed E-state index contributed by atoms with van der Waals surface area (Å²) in [5.41, 5.74) is 3.71. The molecule has 5 nitrogen and oxygen atoms in total. The van der Waals surface area contributed by atoms with E-state index >= 15 is 0 Å². The summed E-state index contributed by atoms with van der Waals surface area (Å²) in [4.78, 5) is 27.2. The van der Waals surface area contributed by atoms with Gasteiger partial charge in [-0.15, -0.1) is 0 Å². The van der Waals surface area contributed by atoms with E-state index in [4.69, 9.17) is 9.47 Å². The molecule has 0 atom stereocenters. The maximum Gasteiger partial charge on any atom is 0.293 e. The van der Waals surface area contributed by atoms with Gasteiger partial charge in [-0.2, -0.15) is 0 Å². The van der Waals surface area contributed by atoms with E-state index in [1.165, 1.54) is 4.90 Å². The van der Waals surface area contributed by atoms with Crippen molar-refractivity contribution in [2.45, 2.75) is 20.1 Å². The van der Waals surface area contributed by atoms with E-state index in [9.17, 15) is 9.59 Å². The summed E-state index contributed by atoms with van der Waals surface area (Å²) in [6, 6.07) is 19.4. The fraction of sp³-hybridized carbons (Fsp3) is 0.154. The van der Waals surface area contributed by atoms with E-state index in [0.717, 1.165) is 28.5 Å². The molecule has 0 saturated carbocycles. The Balaban J connectivity index is 1.59. The van der Waals surface area contributed by atoms with Gasteiger partial charge < -0.3 is 9.47 Å². The highest BCUT2D eigenvalue weighted by molar-refractivity contribution is 9.13. The van der Waals surface area contributed by atoms with Gasteiger partial charge in [-0.25, -0.2) is 0 Å². The zero-order valence-corrected chi connectivity index (χ0v) is 22.5. The fourth-order valence-electron chi connectivity index (χ4n) is 3.50.